The van der Waals surface area contributed by atoms with Gasteiger partial charge in [0.2, 0.25) is 0 Å². The Labute approximate surface area is 138 Å². The van der Waals surface area contributed by atoms with E-state index in [0.717, 1.165) is 47.6 Å². The van der Waals surface area contributed by atoms with E-state index < -0.39 is 0 Å². The largest absolute Gasteiger partial charge is 0.496 e. The molecule has 122 valence electrons. The third kappa shape index (κ3) is 3.56. The second-order valence-electron chi connectivity index (χ2n) is 6.56. The Balaban J connectivity index is 1.74. The molecule has 1 aliphatic heterocycles. The summed E-state index contributed by atoms with van der Waals surface area (Å²) >= 11 is 0. The number of methoxy groups -OCH3 is 1. The quantitative estimate of drug-likeness (QED) is 0.777. The second-order valence-corrected chi connectivity index (χ2v) is 6.56. The topological polar surface area (TPSA) is 29.5 Å². The van der Waals surface area contributed by atoms with E-state index >= 15 is 0 Å². The summed E-state index contributed by atoms with van der Waals surface area (Å²) in [5, 5.41) is 2.00. The van der Waals surface area contributed by atoms with Crippen molar-refractivity contribution in [3.8, 4) is 5.75 Å². The Kier molecular flexibility index (Phi) is 4.97. The zero-order chi connectivity index (χ0) is 16.2. The van der Waals surface area contributed by atoms with Crippen LogP contribution in [0.4, 0.5) is 0 Å². The zero-order valence-electron chi connectivity index (χ0n) is 14.0. The first-order valence-electron chi connectivity index (χ1n) is 8.50. The number of ether oxygens (including phenoxy) is 1. The molecule has 1 heterocycles. The highest BCUT2D eigenvalue weighted by molar-refractivity contribution is 6.09. The fourth-order valence-corrected chi connectivity index (χ4v) is 3.37. The molecule has 0 bridgehead atoms. The van der Waals surface area contributed by atoms with Gasteiger partial charge < -0.3 is 9.64 Å². The molecule has 0 saturated carbocycles. The van der Waals surface area contributed by atoms with Gasteiger partial charge in [0.15, 0.2) is 5.78 Å². The number of rotatable bonds is 5. The van der Waals surface area contributed by atoms with Crippen LogP contribution in [0.25, 0.3) is 10.8 Å². The van der Waals surface area contributed by atoms with E-state index in [0.29, 0.717) is 6.42 Å². The Bertz CT molecular complexity index is 687. The molecule has 0 radical (unpaired) electrons. The molecule has 0 unspecified atom stereocenters. The molecule has 2 aromatic carbocycles. The molecule has 1 fully saturated rings. The lowest BCUT2D eigenvalue weighted by Gasteiger charge is -2.29. The summed E-state index contributed by atoms with van der Waals surface area (Å²) in [6, 6.07) is 11.8. The first kappa shape index (κ1) is 16.0. The summed E-state index contributed by atoms with van der Waals surface area (Å²) in [6.45, 7) is 5.42. The molecule has 0 amide bonds. The van der Waals surface area contributed by atoms with Gasteiger partial charge in [0.05, 0.1) is 7.11 Å². The molecule has 23 heavy (non-hydrogen) atoms. The fourth-order valence-electron chi connectivity index (χ4n) is 3.37. The van der Waals surface area contributed by atoms with Crippen LogP contribution in [0.2, 0.25) is 0 Å². The van der Waals surface area contributed by atoms with Crippen LogP contribution in [0.3, 0.4) is 0 Å². The standard InChI is InChI=1S/C20H25NO2/c1-15-9-12-21(13-10-15)14-11-19(22)17-7-8-20(23-2)18-6-4-3-5-16(17)18/h3-8,15H,9-14H2,1-2H3. The third-order valence-electron chi connectivity index (χ3n) is 4.94. The molecule has 0 aromatic heterocycles. The highest BCUT2D eigenvalue weighted by atomic mass is 16.5. The van der Waals surface area contributed by atoms with Crippen molar-refractivity contribution in [2.75, 3.05) is 26.7 Å². The molecule has 2 aromatic rings. The summed E-state index contributed by atoms with van der Waals surface area (Å²) < 4.78 is 5.41. The van der Waals surface area contributed by atoms with Crippen LogP contribution < -0.4 is 4.74 Å². The van der Waals surface area contributed by atoms with Gasteiger partial charge >= 0.3 is 0 Å². The predicted molar refractivity (Wildman–Crippen MR) is 94.3 cm³/mol. The summed E-state index contributed by atoms with van der Waals surface area (Å²) in [7, 11) is 1.67. The number of nitrogens with zero attached hydrogens (tertiary/aromatic N) is 1. The lowest BCUT2D eigenvalue weighted by Crippen LogP contribution is -2.34. The van der Waals surface area contributed by atoms with Crippen LogP contribution in [-0.4, -0.2) is 37.4 Å². The number of carbonyl (C=O) groups excluding carboxylic acids is 1. The summed E-state index contributed by atoms with van der Waals surface area (Å²) in [5.74, 6) is 1.87. The molecule has 1 aliphatic rings. The van der Waals surface area contributed by atoms with E-state index in [-0.39, 0.29) is 5.78 Å². The van der Waals surface area contributed by atoms with Gasteiger partial charge in [0.1, 0.15) is 5.75 Å². The van der Waals surface area contributed by atoms with Gasteiger partial charge in [-0.3, -0.25) is 4.79 Å². The molecular weight excluding hydrogens is 286 g/mol. The summed E-state index contributed by atoms with van der Waals surface area (Å²) in [6.07, 6.45) is 3.09. The Hall–Kier alpha value is -1.87. The first-order valence-corrected chi connectivity index (χ1v) is 8.50. The van der Waals surface area contributed by atoms with E-state index in [4.69, 9.17) is 4.74 Å². The number of likely N-dealkylation sites (tertiary alicyclic amines) is 1. The van der Waals surface area contributed by atoms with E-state index in [1.54, 1.807) is 7.11 Å². The molecule has 3 heteroatoms. The number of piperidine rings is 1. The van der Waals surface area contributed by atoms with Crippen molar-refractivity contribution in [2.24, 2.45) is 5.92 Å². The number of fused-ring (bicyclic) bond motifs is 1. The molecule has 3 nitrogen and oxygen atoms in total. The maximum Gasteiger partial charge on any atom is 0.164 e. The van der Waals surface area contributed by atoms with Crippen molar-refractivity contribution in [2.45, 2.75) is 26.2 Å². The highest BCUT2D eigenvalue weighted by Gasteiger charge is 2.18. The van der Waals surface area contributed by atoms with Crippen LogP contribution in [0.5, 0.6) is 5.75 Å². The van der Waals surface area contributed by atoms with E-state index in [1.165, 1.54) is 12.8 Å². The maximum absolute atomic E-state index is 12.7. The second kappa shape index (κ2) is 7.14. The van der Waals surface area contributed by atoms with E-state index in [9.17, 15) is 4.79 Å². The SMILES string of the molecule is COc1ccc(C(=O)CCN2CCC(C)CC2)c2ccccc12. The lowest BCUT2D eigenvalue weighted by molar-refractivity contribution is 0.0954. The molecule has 0 atom stereocenters. The normalized spacial score (nSPS) is 16.6. The van der Waals surface area contributed by atoms with Gasteiger partial charge in [-0.1, -0.05) is 31.2 Å². The van der Waals surface area contributed by atoms with Gasteiger partial charge in [-0.2, -0.15) is 0 Å². The third-order valence-corrected chi connectivity index (χ3v) is 4.94. The molecular formula is C20H25NO2. The monoisotopic (exact) mass is 311 g/mol. The van der Waals surface area contributed by atoms with Crippen LogP contribution in [0.1, 0.15) is 36.5 Å². The van der Waals surface area contributed by atoms with Crippen molar-refractivity contribution in [1.29, 1.82) is 0 Å². The van der Waals surface area contributed by atoms with Gasteiger partial charge in [0.25, 0.3) is 0 Å². The average molecular weight is 311 g/mol. The number of ketones is 1. The number of carbonyl (C=O) groups is 1. The predicted octanol–water partition coefficient (Wildman–Crippen LogP) is 4.15. The minimum atomic E-state index is 0.225. The molecule has 0 N–H and O–H groups in total. The van der Waals surface area contributed by atoms with Crippen LogP contribution in [0, 0.1) is 5.92 Å². The number of hydrogen-bond donors (Lipinski definition) is 0. The zero-order valence-corrected chi connectivity index (χ0v) is 14.0. The minimum Gasteiger partial charge on any atom is -0.496 e. The molecule has 3 rings (SSSR count). The van der Waals surface area contributed by atoms with Crippen LogP contribution >= 0.6 is 0 Å². The molecule has 1 saturated heterocycles. The highest BCUT2D eigenvalue weighted by Crippen LogP contribution is 2.29. The van der Waals surface area contributed by atoms with Crippen molar-refractivity contribution >= 4 is 16.6 Å². The number of benzene rings is 2. The Morgan fingerprint density at radius 1 is 1.13 bits per heavy atom. The van der Waals surface area contributed by atoms with Crippen molar-refractivity contribution in [3.05, 3.63) is 42.0 Å². The van der Waals surface area contributed by atoms with Crippen molar-refractivity contribution < 1.29 is 9.53 Å². The fraction of sp³-hybridized carbons (Fsp3) is 0.450. The summed E-state index contributed by atoms with van der Waals surface area (Å²) in [5.41, 5.74) is 0.812. The van der Waals surface area contributed by atoms with Crippen LogP contribution in [0.15, 0.2) is 36.4 Å². The molecule has 0 aliphatic carbocycles. The first-order chi connectivity index (χ1) is 11.2. The van der Waals surface area contributed by atoms with E-state index in [2.05, 4.69) is 11.8 Å². The Morgan fingerprint density at radius 3 is 2.52 bits per heavy atom. The average Bonchev–Trinajstić information content (AvgIpc) is 2.60. The van der Waals surface area contributed by atoms with Gasteiger partial charge in [0, 0.05) is 23.9 Å². The van der Waals surface area contributed by atoms with Gasteiger partial charge in [-0.25, -0.2) is 0 Å². The van der Waals surface area contributed by atoms with Crippen molar-refractivity contribution in [3.63, 3.8) is 0 Å². The van der Waals surface area contributed by atoms with Gasteiger partial charge in [-0.15, -0.1) is 0 Å². The van der Waals surface area contributed by atoms with Crippen LogP contribution in [-0.2, 0) is 0 Å². The van der Waals surface area contributed by atoms with Gasteiger partial charge in [-0.05, 0) is 49.4 Å². The lowest BCUT2D eigenvalue weighted by atomic mass is 9.97. The smallest absolute Gasteiger partial charge is 0.164 e. The van der Waals surface area contributed by atoms with E-state index in [1.807, 2.05) is 36.4 Å². The minimum absolute atomic E-state index is 0.225. The number of Topliss-reactive ketones (excluding diaryl/α,β-unsaturated/α-hetero) is 1. The van der Waals surface area contributed by atoms with Crippen molar-refractivity contribution in [1.82, 2.24) is 4.90 Å². The molecule has 0 spiro atoms. The maximum atomic E-state index is 12.7. The Morgan fingerprint density at radius 2 is 1.83 bits per heavy atom. The number of hydrogen-bond acceptors (Lipinski definition) is 3. The summed E-state index contributed by atoms with van der Waals surface area (Å²) in [4.78, 5) is 15.1.